The van der Waals surface area contributed by atoms with Crippen molar-refractivity contribution in [2.75, 3.05) is 6.54 Å². The van der Waals surface area contributed by atoms with E-state index in [1.165, 1.54) is 12.1 Å². The number of halogens is 1. The Morgan fingerprint density at radius 3 is 2.75 bits per heavy atom. The second-order valence-corrected chi connectivity index (χ2v) is 5.80. The van der Waals surface area contributed by atoms with Gasteiger partial charge in [-0.2, -0.15) is 0 Å². The first-order chi connectivity index (χ1) is 7.42. The molecular formula is C9H11ClN2O2S2. The smallest absolute Gasteiger partial charge is 0.240 e. The molecule has 4 nitrogen and oxygen atoms in total. The monoisotopic (exact) mass is 278 g/mol. The van der Waals surface area contributed by atoms with Crippen LogP contribution < -0.4 is 10.5 Å². The van der Waals surface area contributed by atoms with Crippen LogP contribution in [0.15, 0.2) is 29.2 Å². The molecule has 0 amide bonds. The van der Waals surface area contributed by atoms with Crippen LogP contribution in [0.2, 0.25) is 5.02 Å². The van der Waals surface area contributed by atoms with Crippen LogP contribution in [0.3, 0.4) is 0 Å². The lowest BCUT2D eigenvalue weighted by Gasteiger charge is -2.06. The van der Waals surface area contributed by atoms with Gasteiger partial charge >= 0.3 is 0 Å². The molecule has 0 bridgehead atoms. The standard InChI is InChI=1S/C9H11ClN2O2S2/c10-7-2-1-3-8(6-7)16(13,14)12-5-4-9(11)15/h1-3,6,12H,4-5H2,(H2,11,15). The minimum Gasteiger partial charge on any atom is -0.393 e. The Morgan fingerprint density at radius 1 is 1.50 bits per heavy atom. The molecule has 0 atom stereocenters. The van der Waals surface area contributed by atoms with Crippen molar-refractivity contribution in [3.8, 4) is 0 Å². The molecule has 3 N–H and O–H groups in total. The zero-order valence-electron chi connectivity index (χ0n) is 8.31. The van der Waals surface area contributed by atoms with E-state index in [4.69, 9.17) is 17.3 Å². The first-order valence-corrected chi connectivity index (χ1v) is 6.72. The fourth-order valence-electron chi connectivity index (χ4n) is 1.03. The Labute approximate surface area is 105 Å². The van der Waals surface area contributed by atoms with Gasteiger partial charge in [-0.15, -0.1) is 0 Å². The van der Waals surface area contributed by atoms with Crippen molar-refractivity contribution in [1.82, 2.24) is 4.72 Å². The molecule has 88 valence electrons. The van der Waals surface area contributed by atoms with Crippen LogP contribution in [0.4, 0.5) is 0 Å². The summed E-state index contributed by atoms with van der Waals surface area (Å²) in [6, 6.07) is 6.03. The van der Waals surface area contributed by atoms with Crippen LogP contribution in [-0.4, -0.2) is 20.0 Å². The van der Waals surface area contributed by atoms with Crippen molar-refractivity contribution in [3.05, 3.63) is 29.3 Å². The Kier molecular flexibility index (Phi) is 4.67. The van der Waals surface area contributed by atoms with E-state index in [-0.39, 0.29) is 16.4 Å². The largest absolute Gasteiger partial charge is 0.393 e. The first-order valence-electron chi connectivity index (χ1n) is 4.45. The lowest BCUT2D eigenvalue weighted by molar-refractivity contribution is 0.583. The number of nitrogens with one attached hydrogen (secondary N) is 1. The molecule has 0 aliphatic rings. The van der Waals surface area contributed by atoms with Gasteiger partial charge in [0.15, 0.2) is 0 Å². The molecule has 1 aromatic carbocycles. The summed E-state index contributed by atoms with van der Waals surface area (Å²) in [5.74, 6) is 0. The second kappa shape index (κ2) is 5.58. The summed E-state index contributed by atoms with van der Waals surface area (Å²) in [4.78, 5) is 0.400. The predicted octanol–water partition coefficient (Wildman–Crippen LogP) is 1.29. The highest BCUT2D eigenvalue weighted by molar-refractivity contribution is 7.89. The van der Waals surface area contributed by atoms with Gasteiger partial charge < -0.3 is 5.73 Å². The van der Waals surface area contributed by atoms with Crippen molar-refractivity contribution in [2.45, 2.75) is 11.3 Å². The van der Waals surface area contributed by atoms with Crippen molar-refractivity contribution in [3.63, 3.8) is 0 Å². The zero-order valence-corrected chi connectivity index (χ0v) is 10.7. The minimum absolute atomic E-state index is 0.128. The molecule has 0 radical (unpaired) electrons. The van der Waals surface area contributed by atoms with Gasteiger partial charge in [0, 0.05) is 18.0 Å². The normalized spacial score (nSPS) is 11.3. The van der Waals surface area contributed by atoms with Crippen LogP contribution in [0, 0.1) is 0 Å². The van der Waals surface area contributed by atoms with Crippen molar-refractivity contribution >= 4 is 38.8 Å². The summed E-state index contributed by atoms with van der Waals surface area (Å²) in [5.41, 5.74) is 5.26. The molecule has 16 heavy (non-hydrogen) atoms. The third-order valence-electron chi connectivity index (χ3n) is 1.77. The maximum absolute atomic E-state index is 11.7. The number of sulfonamides is 1. The van der Waals surface area contributed by atoms with Gasteiger partial charge in [0.1, 0.15) is 0 Å². The molecule has 0 saturated heterocycles. The number of hydrogen-bond acceptors (Lipinski definition) is 3. The van der Waals surface area contributed by atoms with Gasteiger partial charge in [-0.25, -0.2) is 13.1 Å². The van der Waals surface area contributed by atoms with E-state index in [0.717, 1.165) is 0 Å². The third-order valence-corrected chi connectivity index (χ3v) is 3.67. The van der Waals surface area contributed by atoms with Gasteiger partial charge in [0.2, 0.25) is 10.0 Å². The van der Waals surface area contributed by atoms with Gasteiger partial charge in [0.05, 0.1) is 9.88 Å². The summed E-state index contributed by atoms with van der Waals surface area (Å²) in [7, 11) is -3.53. The lowest BCUT2D eigenvalue weighted by Crippen LogP contribution is -2.27. The van der Waals surface area contributed by atoms with Crippen molar-refractivity contribution in [1.29, 1.82) is 0 Å². The predicted molar refractivity (Wildman–Crippen MR) is 68.0 cm³/mol. The Hall–Kier alpha value is -0.690. The molecule has 0 unspecified atom stereocenters. The van der Waals surface area contributed by atoms with Crippen molar-refractivity contribution in [2.24, 2.45) is 5.73 Å². The number of thiocarbonyl (C=S) groups is 1. The van der Waals surface area contributed by atoms with Crippen LogP contribution in [0.1, 0.15) is 6.42 Å². The molecule has 0 spiro atoms. The van der Waals surface area contributed by atoms with Crippen LogP contribution in [0.25, 0.3) is 0 Å². The van der Waals surface area contributed by atoms with E-state index < -0.39 is 10.0 Å². The van der Waals surface area contributed by atoms with Crippen LogP contribution in [-0.2, 0) is 10.0 Å². The van der Waals surface area contributed by atoms with Crippen LogP contribution in [0.5, 0.6) is 0 Å². The van der Waals surface area contributed by atoms with E-state index in [0.29, 0.717) is 11.4 Å². The van der Waals surface area contributed by atoms with Gasteiger partial charge in [-0.1, -0.05) is 29.9 Å². The SMILES string of the molecule is NC(=S)CCNS(=O)(=O)c1cccc(Cl)c1. The highest BCUT2D eigenvalue weighted by Gasteiger charge is 2.13. The number of rotatable bonds is 5. The summed E-state index contributed by atoms with van der Waals surface area (Å²) in [5, 5.41) is 0.372. The first kappa shape index (κ1) is 13.4. The Morgan fingerprint density at radius 2 is 2.19 bits per heavy atom. The Balaban J connectivity index is 2.74. The lowest BCUT2D eigenvalue weighted by atomic mass is 10.4. The quantitative estimate of drug-likeness (QED) is 0.796. The summed E-state index contributed by atoms with van der Waals surface area (Å²) in [6.07, 6.45) is 0.329. The zero-order chi connectivity index (χ0) is 12.2. The summed E-state index contributed by atoms with van der Waals surface area (Å²) >= 11 is 10.3. The minimum atomic E-state index is -3.53. The molecule has 0 aromatic heterocycles. The summed E-state index contributed by atoms with van der Waals surface area (Å²) < 4.78 is 25.8. The maximum Gasteiger partial charge on any atom is 0.240 e. The topological polar surface area (TPSA) is 72.2 Å². The second-order valence-electron chi connectivity index (χ2n) is 3.07. The van der Waals surface area contributed by atoms with E-state index in [9.17, 15) is 8.42 Å². The molecule has 0 saturated carbocycles. The van der Waals surface area contributed by atoms with Crippen LogP contribution >= 0.6 is 23.8 Å². The Bertz CT molecular complexity index is 488. The van der Waals surface area contributed by atoms with Gasteiger partial charge in [-0.3, -0.25) is 0 Å². The maximum atomic E-state index is 11.7. The fourth-order valence-corrected chi connectivity index (χ4v) is 2.46. The molecule has 1 aromatic rings. The van der Waals surface area contributed by atoms with Gasteiger partial charge in [-0.05, 0) is 18.2 Å². The average molecular weight is 279 g/mol. The highest BCUT2D eigenvalue weighted by Crippen LogP contribution is 2.14. The van der Waals surface area contributed by atoms with Crippen molar-refractivity contribution < 1.29 is 8.42 Å². The molecule has 7 heteroatoms. The number of hydrogen-bond donors (Lipinski definition) is 2. The van der Waals surface area contributed by atoms with E-state index in [2.05, 4.69) is 16.9 Å². The number of nitrogens with two attached hydrogens (primary N) is 1. The molecule has 1 rings (SSSR count). The number of benzene rings is 1. The van der Waals surface area contributed by atoms with E-state index in [1.807, 2.05) is 0 Å². The van der Waals surface area contributed by atoms with E-state index >= 15 is 0 Å². The van der Waals surface area contributed by atoms with E-state index in [1.54, 1.807) is 12.1 Å². The molecule has 0 aliphatic heterocycles. The summed E-state index contributed by atoms with van der Waals surface area (Å²) in [6.45, 7) is 0.185. The molecule has 0 aliphatic carbocycles. The van der Waals surface area contributed by atoms with Gasteiger partial charge in [0.25, 0.3) is 0 Å². The fraction of sp³-hybridized carbons (Fsp3) is 0.222. The molecule has 0 fully saturated rings. The average Bonchev–Trinajstić information content (AvgIpc) is 2.16. The molecular weight excluding hydrogens is 268 g/mol. The molecule has 0 heterocycles. The highest BCUT2D eigenvalue weighted by atomic mass is 35.5. The third kappa shape index (κ3) is 4.05.